The fraction of sp³-hybridized carbons (Fsp3) is 0.333. The Morgan fingerprint density at radius 2 is 2.36 bits per heavy atom. The second-order valence-electron chi connectivity index (χ2n) is 3.09. The van der Waals surface area contributed by atoms with Crippen molar-refractivity contribution < 1.29 is 0 Å². The first-order valence-corrected chi connectivity index (χ1v) is 5.25. The van der Waals surface area contributed by atoms with Crippen LogP contribution in [0.3, 0.4) is 0 Å². The highest BCUT2D eigenvalue weighted by Crippen LogP contribution is 2.14. The van der Waals surface area contributed by atoms with Crippen LogP contribution in [0.1, 0.15) is 10.6 Å². The van der Waals surface area contributed by atoms with Crippen LogP contribution >= 0.6 is 11.3 Å². The van der Waals surface area contributed by atoms with E-state index < -0.39 is 0 Å². The van der Waals surface area contributed by atoms with Crippen molar-refractivity contribution in [3.8, 4) is 0 Å². The highest BCUT2D eigenvalue weighted by molar-refractivity contribution is 7.09. The van der Waals surface area contributed by atoms with Crippen molar-refractivity contribution in [3.63, 3.8) is 0 Å². The lowest BCUT2D eigenvalue weighted by Crippen LogP contribution is -1.99. The molecule has 0 aliphatic heterocycles. The zero-order chi connectivity index (χ0) is 9.97. The lowest BCUT2D eigenvalue weighted by molar-refractivity contribution is 0.740. The lowest BCUT2D eigenvalue weighted by Gasteiger charge is -2.02. The normalized spacial score (nSPS) is 10.4. The quantitative estimate of drug-likeness (QED) is 0.836. The number of hydrogen-bond donors (Lipinski definition) is 1. The van der Waals surface area contributed by atoms with E-state index in [1.165, 1.54) is 4.88 Å². The minimum Gasteiger partial charge on any atom is -0.377 e. The first-order valence-electron chi connectivity index (χ1n) is 4.37. The number of nitrogens with one attached hydrogen (secondary N) is 1. The van der Waals surface area contributed by atoms with E-state index in [0.29, 0.717) is 0 Å². The molecule has 2 heterocycles. The van der Waals surface area contributed by atoms with Gasteiger partial charge in [-0.05, 0) is 6.92 Å². The highest BCUT2D eigenvalue weighted by atomic mass is 32.1. The number of aryl methyl sites for hydroxylation is 1. The molecule has 0 aromatic carbocycles. The first-order chi connectivity index (χ1) is 6.77. The predicted molar refractivity (Wildman–Crippen MR) is 57.4 cm³/mol. The lowest BCUT2D eigenvalue weighted by atomic mass is 10.4. The molecule has 2 aromatic heterocycles. The van der Waals surface area contributed by atoms with Crippen LogP contribution in [-0.2, 0) is 13.6 Å². The van der Waals surface area contributed by atoms with E-state index in [4.69, 9.17) is 0 Å². The smallest absolute Gasteiger partial charge is 0.0794 e. The van der Waals surface area contributed by atoms with E-state index in [0.717, 1.165) is 17.9 Å². The van der Waals surface area contributed by atoms with Crippen molar-refractivity contribution in [2.75, 3.05) is 5.32 Å². The average molecular weight is 208 g/mol. The summed E-state index contributed by atoms with van der Waals surface area (Å²) in [5.74, 6) is 0. The molecule has 4 nitrogen and oxygen atoms in total. The van der Waals surface area contributed by atoms with Crippen LogP contribution in [0, 0.1) is 6.92 Å². The first kappa shape index (κ1) is 9.21. The van der Waals surface area contributed by atoms with Gasteiger partial charge in [0.2, 0.25) is 0 Å². The van der Waals surface area contributed by atoms with Crippen molar-refractivity contribution in [2.45, 2.75) is 13.5 Å². The fourth-order valence-electron chi connectivity index (χ4n) is 1.18. The van der Waals surface area contributed by atoms with Gasteiger partial charge in [0.15, 0.2) is 0 Å². The maximum Gasteiger partial charge on any atom is 0.0794 e. The Labute approximate surface area is 86.6 Å². The molecule has 0 radical (unpaired) electrons. The zero-order valence-electron chi connectivity index (χ0n) is 8.19. The van der Waals surface area contributed by atoms with Crippen LogP contribution in [0.15, 0.2) is 17.9 Å². The van der Waals surface area contributed by atoms with Gasteiger partial charge in [-0.25, -0.2) is 0 Å². The topological polar surface area (TPSA) is 42.7 Å². The summed E-state index contributed by atoms with van der Waals surface area (Å²) < 4.78 is 1.86. The van der Waals surface area contributed by atoms with Gasteiger partial charge >= 0.3 is 0 Å². The standard InChI is InChI=1S/C9H12N4S/c1-7-9(5-12-13(7)2)11-4-8-3-10-6-14-8/h3,5-6,11H,4H2,1-2H3. The Hall–Kier alpha value is -1.36. The Kier molecular flexibility index (Phi) is 2.49. The molecule has 5 heteroatoms. The van der Waals surface area contributed by atoms with Gasteiger partial charge in [0.25, 0.3) is 0 Å². The van der Waals surface area contributed by atoms with Gasteiger partial charge < -0.3 is 5.32 Å². The number of nitrogens with zero attached hydrogens (tertiary/aromatic N) is 3. The van der Waals surface area contributed by atoms with Crippen LogP contribution in [0.2, 0.25) is 0 Å². The molecular weight excluding hydrogens is 196 g/mol. The van der Waals surface area contributed by atoms with Gasteiger partial charge in [0.05, 0.1) is 29.6 Å². The number of thiazole rings is 1. The van der Waals surface area contributed by atoms with Crippen LogP contribution in [0.4, 0.5) is 5.69 Å². The summed E-state index contributed by atoms with van der Waals surface area (Å²) in [6.45, 7) is 2.86. The van der Waals surface area contributed by atoms with Crippen LogP contribution in [0.25, 0.3) is 0 Å². The summed E-state index contributed by atoms with van der Waals surface area (Å²) in [6, 6.07) is 0. The van der Waals surface area contributed by atoms with E-state index in [-0.39, 0.29) is 0 Å². The molecule has 0 atom stereocenters. The molecule has 0 amide bonds. The molecule has 0 aliphatic carbocycles. The van der Waals surface area contributed by atoms with E-state index in [9.17, 15) is 0 Å². The Balaban J connectivity index is 2.02. The molecule has 2 rings (SSSR count). The number of hydrogen-bond acceptors (Lipinski definition) is 4. The van der Waals surface area contributed by atoms with E-state index in [2.05, 4.69) is 15.4 Å². The van der Waals surface area contributed by atoms with Crippen LogP contribution in [0.5, 0.6) is 0 Å². The number of aromatic nitrogens is 3. The molecule has 14 heavy (non-hydrogen) atoms. The molecule has 0 spiro atoms. The monoisotopic (exact) mass is 208 g/mol. The summed E-state index contributed by atoms with van der Waals surface area (Å²) in [6.07, 6.45) is 3.72. The third-order valence-electron chi connectivity index (χ3n) is 2.17. The maximum atomic E-state index is 4.16. The highest BCUT2D eigenvalue weighted by Gasteiger charge is 2.02. The van der Waals surface area contributed by atoms with Crippen molar-refractivity contribution in [3.05, 3.63) is 28.5 Å². The summed E-state index contributed by atoms with van der Waals surface area (Å²) in [5.41, 5.74) is 4.07. The number of anilines is 1. The van der Waals surface area contributed by atoms with Gasteiger partial charge in [-0.2, -0.15) is 5.10 Å². The largest absolute Gasteiger partial charge is 0.377 e. The molecule has 0 fully saturated rings. The van der Waals surface area contributed by atoms with Crippen LogP contribution in [-0.4, -0.2) is 14.8 Å². The van der Waals surface area contributed by atoms with E-state index in [1.807, 2.05) is 36.6 Å². The number of rotatable bonds is 3. The van der Waals surface area contributed by atoms with Crippen molar-refractivity contribution in [2.24, 2.45) is 7.05 Å². The van der Waals surface area contributed by atoms with E-state index >= 15 is 0 Å². The third kappa shape index (κ3) is 1.77. The molecule has 0 saturated heterocycles. The summed E-state index contributed by atoms with van der Waals surface area (Å²) >= 11 is 1.65. The van der Waals surface area contributed by atoms with Gasteiger partial charge in [0.1, 0.15) is 0 Å². The minimum absolute atomic E-state index is 0.817. The maximum absolute atomic E-state index is 4.16. The molecule has 0 bridgehead atoms. The molecular formula is C9H12N4S. The molecule has 74 valence electrons. The minimum atomic E-state index is 0.817. The fourth-order valence-corrected chi connectivity index (χ4v) is 1.72. The van der Waals surface area contributed by atoms with Crippen molar-refractivity contribution in [1.82, 2.24) is 14.8 Å². The summed E-state index contributed by atoms with van der Waals surface area (Å²) in [5, 5.41) is 7.48. The van der Waals surface area contributed by atoms with Crippen molar-refractivity contribution in [1.29, 1.82) is 0 Å². The Morgan fingerprint density at radius 3 is 2.93 bits per heavy atom. The van der Waals surface area contributed by atoms with Gasteiger partial charge in [-0.3, -0.25) is 9.67 Å². The van der Waals surface area contributed by atoms with Crippen molar-refractivity contribution >= 4 is 17.0 Å². The van der Waals surface area contributed by atoms with Gasteiger partial charge in [-0.15, -0.1) is 11.3 Å². The predicted octanol–water partition coefficient (Wildman–Crippen LogP) is 1.80. The second-order valence-corrected chi connectivity index (χ2v) is 4.06. The van der Waals surface area contributed by atoms with Gasteiger partial charge in [-0.1, -0.05) is 0 Å². The van der Waals surface area contributed by atoms with E-state index in [1.54, 1.807) is 11.3 Å². The SMILES string of the molecule is Cc1c(NCc2cncs2)cnn1C. The average Bonchev–Trinajstić information content (AvgIpc) is 2.77. The second kappa shape index (κ2) is 3.79. The molecule has 0 saturated carbocycles. The summed E-state index contributed by atoms with van der Waals surface area (Å²) in [7, 11) is 1.94. The summed E-state index contributed by atoms with van der Waals surface area (Å²) in [4.78, 5) is 5.25. The zero-order valence-corrected chi connectivity index (χ0v) is 9.01. The van der Waals surface area contributed by atoms with Gasteiger partial charge in [0, 0.05) is 18.1 Å². The Morgan fingerprint density at radius 1 is 1.50 bits per heavy atom. The molecule has 2 aromatic rings. The molecule has 0 aliphatic rings. The molecule has 0 unspecified atom stereocenters. The van der Waals surface area contributed by atoms with Crippen LogP contribution < -0.4 is 5.32 Å². The Bertz CT molecular complexity index is 404. The molecule has 1 N–H and O–H groups in total. The third-order valence-corrected chi connectivity index (χ3v) is 2.95.